The maximum Gasteiger partial charge on any atom is 0.231 e. The Kier molecular flexibility index (Phi) is 3.56. The molecule has 1 aromatic rings. The van der Waals surface area contributed by atoms with Crippen LogP contribution in [0.5, 0.6) is 11.5 Å². The summed E-state index contributed by atoms with van der Waals surface area (Å²) in [6.07, 6.45) is 1.87. The van der Waals surface area contributed by atoms with Gasteiger partial charge in [0.05, 0.1) is 5.02 Å². The summed E-state index contributed by atoms with van der Waals surface area (Å²) < 4.78 is 10.7. The molecule has 0 saturated heterocycles. The lowest BCUT2D eigenvalue weighted by Crippen LogP contribution is -2.11. The van der Waals surface area contributed by atoms with Gasteiger partial charge in [0.25, 0.3) is 0 Å². The van der Waals surface area contributed by atoms with E-state index in [0.29, 0.717) is 10.8 Å². The van der Waals surface area contributed by atoms with Gasteiger partial charge in [-0.3, -0.25) is 0 Å². The van der Waals surface area contributed by atoms with Crippen LogP contribution in [0, 0.1) is 0 Å². The molecule has 0 aliphatic carbocycles. The molecule has 1 N–H and O–H groups in total. The van der Waals surface area contributed by atoms with Crippen molar-refractivity contribution in [2.24, 2.45) is 0 Å². The number of fused-ring (bicyclic) bond motifs is 1. The van der Waals surface area contributed by atoms with Crippen LogP contribution in [-0.4, -0.2) is 20.4 Å². The number of halogens is 1. The van der Waals surface area contributed by atoms with Gasteiger partial charge < -0.3 is 14.8 Å². The fourth-order valence-corrected chi connectivity index (χ4v) is 2.36. The van der Waals surface area contributed by atoms with Crippen LogP contribution in [0.25, 0.3) is 0 Å². The van der Waals surface area contributed by atoms with Crippen molar-refractivity contribution < 1.29 is 9.47 Å². The highest BCUT2D eigenvalue weighted by Crippen LogP contribution is 2.42. The lowest BCUT2D eigenvalue weighted by molar-refractivity contribution is 0.174. The first-order chi connectivity index (χ1) is 7.77. The van der Waals surface area contributed by atoms with Gasteiger partial charge in [0.15, 0.2) is 11.5 Å². The molecule has 0 spiro atoms. The number of hydrogen-bond acceptors (Lipinski definition) is 3. The van der Waals surface area contributed by atoms with Crippen LogP contribution in [0.3, 0.4) is 0 Å². The van der Waals surface area contributed by atoms with Crippen LogP contribution < -0.4 is 14.8 Å². The summed E-state index contributed by atoms with van der Waals surface area (Å²) in [6.45, 7) is 3.31. The number of rotatable bonds is 4. The number of likely N-dealkylation sites (N-methyl/N-ethyl adjacent to an activating group) is 1. The largest absolute Gasteiger partial charge is 0.454 e. The Balaban J connectivity index is 2.39. The fraction of sp³-hybridized carbons (Fsp3) is 0.500. The lowest BCUT2D eigenvalue weighted by Gasteiger charge is -2.12. The van der Waals surface area contributed by atoms with Gasteiger partial charge in [0.2, 0.25) is 6.79 Å². The predicted molar refractivity (Wildman–Crippen MR) is 64.6 cm³/mol. The van der Waals surface area contributed by atoms with E-state index in [-0.39, 0.29) is 6.79 Å². The quantitative estimate of drug-likeness (QED) is 0.878. The Morgan fingerprint density at radius 2 is 2.25 bits per heavy atom. The lowest BCUT2D eigenvalue weighted by atomic mass is 10.0. The van der Waals surface area contributed by atoms with Crippen molar-refractivity contribution in [2.45, 2.75) is 19.8 Å². The summed E-state index contributed by atoms with van der Waals surface area (Å²) in [5.74, 6) is 1.47. The first kappa shape index (κ1) is 11.6. The van der Waals surface area contributed by atoms with Gasteiger partial charge in [0, 0.05) is 0 Å². The van der Waals surface area contributed by atoms with Gasteiger partial charge >= 0.3 is 0 Å². The summed E-state index contributed by atoms with van der Waals surface area (Å²) >= 11 is 6.31. The first-order valence-corrected chi connectivity index (χ1v) is 5.90. The highest BCUT2D eigenvalue weighted by Gasteiger charge is 2.21. The molecule has 4 heteroatoms. The molecular formula is C12H16ClNO2. The molecule has 0 fully saturated rings. The van der Waals surface area contributed by atoms with E-state index in [0.717, 1.165) is 25.1 Å². The molecule has 2 rings (SSSR count). The molecule has 0 amide bonds. The maximum absolute atomic E-state index is 6.31. The zero-order valence-electron chi connectivity index (χ0n) is 9.60. The second-order valence-corrected chi connectivity index (χ2v) is 4.15. The SMILES string of the molecule is CCc1c(CCNC)cc2c(c1Cl)OCO2. The molecule has 1 heterocycles. The molecule has 0 atom stereocenters. The van der Waals surface area contributed by atoms with E-state index in [1.165, 1.54) is 11.1 Å². The highest BCUT2D eigenvalue weighted by atomic mass is 35.5. The third-order valence-electron chi connectivity index (χ3n) is 2.80. The molecule has 0 radical (unpaired) electrons. The third kappa shape index (κ3) is 1.97. The van der Waals surface area contributed by atoms with E-state index in [4.69, 9.17) is 21.1 Å². The van der Waals surface area contributed by atoms with Crippen LogP contribution in [0.2, 0.25) is 5.02 Å². The average molecular weight is 242 g/mol. The third-order valence-corrected chi connectivity index (χ3v) is 3.20. The molecular weight excluding hydrogens is 226 g/mol. The standard InChI is InChI=1S/C12H16ClNO2/c1-3-9-8(4-5-14-2)6-10-12(11(9)13)16-7-15-10/h6,14H,3-5,7H2,1-2H3. The number of hydrogen-bond donors (Lipinski definition) is 1. The average Bonchev–Trinajstić information content (AvgIpc) is 2.75. The van der Waals surface area contributed by atoms with Crippen molar-refractivity contribution in [1.29, 1.82) is 0 Å². The van der Waals surface area contributed by atoms with Crippen LogP contribution >= 0.6 is 11.6 Å². The smallest absolute Gasteiger partial charge is 0.231 e. The van der Waals surface area contributed by atoms with Crippen LogP contribution in [0.4, 0.5) is 0 Å². The fourth-order valence-electron chi connectivity index (χ4n) is 1.96. The summed E-state index contributed by atoms with van der Waals surface area (Å²) in [5.41, 5.74) is 2.41. The van der Waals surface area contributed by atoms with E-state index in [1.807, 2.05) is 13.1 Å². The van der Waals surface area contributed by atoms with E-state index in [1.54, 1.807) is 0 Å². The summed E-state index contributed by atoms with van der Waals surface area (Å²) in [7, 11) is 1.94. The van der Waals surface area contributed by atoms with Crippen molar-refractivity contribution in [1.82, 2.24) is 5.32 Å². The molecule has 1 aromatic carbocycles. The van der Waals surface area contributed by atoms with Crippen molar-refractivity contribution >= 4 is 11.6 Å². The molecule has 0 unspecified atom stereocenters. The van der Waals surface area contributed by atoms with Gasteiger partial charge in [-0.05, 0) is 43.6 Å². The number of ether oxygens (including phenoxy) is 2. The predicted octanol–water partition coefficient (Wildman–Crippen LogP) is 2.39. The minimum Gasteiger partial charge on any atom is -0.454 e. The Morgan fingerprint density at radius 1 is 1.44 bits per heavy atom. The van der Waals surface area contributed by atoms with Crippen molar-refractivity contribution in [3.05, 3.63) is 22.2 Å². The molecule has 0 aromatic heterocycles. The van der Waals surface area contributed by atoms with Gasteiger partial charge in [-0.2, -0.15) is 0 Å². The second-order valence-electron chi connectivity index (χ2n) is 3.77. The molecule has 1 aliphatic rings. The normalized spacial score (nSPS) is 13.2. The topological polar surface area (TPSA) is 30.5 Å². The molecule has 3 nitrogen and oxygen atoms in total. The molecule has 1 aliphatic heterocycles. The van der Waals surface area contributed by atoms with Crippen molar-refractivity contribution in [3.63, 3.8) is 0 Å². The van der Waals surface area contributed by atoms with Crippen LogP contribution in [-0.2, 0) is 12.8 Å². The first-order valence-electron chi connectivity index (χ1n) is 5.52. The zero-order chi connectivity index (χ0) is 11.5. The van der Waals surface area contributed by atoms with Crippen molar-refractivity contribution in [3.8, 4) is 11.5 Å². The number of nitrogens with one attached hydrogen (secondary N) is 1. The summed E-state index contributed by atoms with van der Waals surface area (Å²) in [5, 5.41) is 3.85. The molecule has 0 bridgehead atoms. The van der Waals surface area contributed by atoms with E-state index >= 15 is 0 Å². The minimum atomic E-state index is 0.272. The molecule has 16 heavy (non-hydrogen) atoms. The zero-order valence-corrected chi connectivity index (χ0v) is 10.4. The summed E-state index contributed by atoms with van der Waals surface area (Å²) in [4.78, 5) is 0. The van der Waals surface area contributed by atoms with E-state index < -0.39 is 0 Å². The Labute approximate surface area is 101 Å². The van der Waals surface area contributed by atoms with Gasteiger partial charge in [0.1, 0.15) is 0 Å². The van der Waals surface area contributed by atoms with Crippen LogP contribution in [0.15, 0.2) is 6.07 Å². The van der Waals surface area contributed by atoms with Gasteiger partial charge in [-0.15, -0.1) is 0 Å². The Morgan fingerprint density at radius 3 is 2.94 bits per heavy atom. The maximum atomic E-state index is 6.31. The van der Waals surface area contributed by atoms with E-state index in [2.05, 4.69) is 12.2 Å². The molecule has 0 saturated carbocycles. The molecule has 88 valence electrons. The Bertz CT molecular complexity index is 393. The number of benzene rings is 1. The second kappa shape index (κ2) is 4.93. The van der Waals surface area contributed by atoms with Gasteiger partial charge in [-0.1, -0.05) is 18.5 Å². The minimum absolute atomic E-state index is 0.272. The summed E-state index contributed by atoms with van der Waals surface area (Å²) in [6, 6.07) is 2.05. The van der Waals surface area contributed by atoms with E-state index in [9.17, 15) is 0 Å². The highest BCUT2D eigenvalue weighted by molar-refractivity contribution is 6.33. The monoisotopic (exact) mass is 241 g/mol. The van der Waals surface area contributed by atoms with Gasteiger partial charge in [-0.25, -0.2) is 0 Å². The van der Waals surface area contributed by atoms with Crippen LogP contribution in [0.1, 0.15) is 18.1 Å². The Hall–Kier alpha value is -0.930. The van der Waals surface area contributed by atoms with Crippen molar-refractivity contribution in [2.75, 3.05) is 20.4 Å².